The highest BCUT2D eigenvalue weighted by Gasteiger charge is 2.34. The van der Waals surface area contributed by atoms with Crippen molar-refractivity contribution in [2.75, 3.05) is 0 Å². The number of benzene rings is 1. The zero-order valence-electron chi connectivity index (χ0n) is 12.5. The fourth-order valence-corrected chi connectivity index (χ4v) is 2.53. The maximum atomic E-state index is 13.4. The van der Waals surface area contributed by atoms with Crippen LogP contribution in [-0.2, 0) is 6.18 Å². The van der Waals surface area contributed by atoms with E-state index in [9.17, 15) is 13.2 Å². The Labute approximate surface area is 146 Å². The van der Waals surface area contributed by atoms with Gasteiger partial charge in [0.15, 0.2) is 0 Å². The van der Waals surface area contributed by atoms with E-state index < -0.39 is 11.7 Å². The van der Waals surface area contributed by atoms with Gasteiger partial charge in [-0.2, -0.15) is 13.2 Å². The first-order valence-electron chi connectivity index (χ1n) is 7.02. The van der Waals surface area contributed by atoms with Crippen molar-refractivity contribution in [2.45, 2.75) is 6.18 Å². The van der Waals surface area contributed by atoms with Crippen LogP contribution in [0.1, 0.15) is 5.56 Å². The molecule has 4 aromatic rings. The second-order valence-electron chi connectivity index (χ2n) is 5.18. The van der Waals surface area contributed by atoms with Crippen LogP contribution in [0.3, 0.4) is 0 Å². The Hall–Kier alpha value is -2.87. The summed E-state index contributed by atoms with van der Waals surface area (Å²) in [5.41, 5.74) is 0.744. The number of imidazole rings is 2. The lowest BCUT2D eigenvalue weighted by molar-refractivity contribution is -0.137. The van der Waals surface area contributed by atoms with Crippen molar-refractivity contribution in [3.63, 3.8) is 0 Å². The van der Waals surface area contributed by atoms with E-state index in [1.54, 1.807) is 24.5 Å². The standard InChI is InChI=1S/C16H10F3N5.ClH/c17-16(18,19)11-7-12-13(8-14(11)24-6-5-21-9-24)23-15(22-12)10-1-3-20-4-2-10;/h1-9H,(H,22,23);1H. The van der Waals surface area contributed by atoms with E-state index in [1.165, 1.54) is 29.4 Å². The molecule has 0 amide bonds. The van der Waals surface area contributed by atoms with Gasteiger partial charge in [0.2, 0.25) is 0 Å². The Balaban J connectivity index is 0.00000182. The average molecular weight is 366 g/mol. The minimum Gasteiger partial charge on any atom is -0.338 e. The number of rotatable bonds is 2. The van der Waals surface area contributed by atoms with Crippen molar-refractivity contribution in [2.24, 2.45) is 0 Å². The molecular formula is C16H11ClF3N5. The molecule has 0 aliphatic heterocycles. The summed E-state index contributed by atoms with van der Waals surface area (Å²) in [6.45, 7) is 0. The fourth-order valence-electron chi connectivity index (χ4n) is 2.53. The van der Waals surface area contributed by atoms with Crippen LogP contribution in [0.5, 0.6) is 0 Å². The predicted molar refractivity (Wildman–Crippen MR) is 88.7 cm³/mol. The molecule has 0 aliphatic rings. The number of H-pyrrole nitrogens is 1. The Morgan fingerprint density at radius 3 is 2.40 bits per heavy atom. The highest BCUT2D eigenvalue weighted by atomic mass is 35.5. The normalized spacial score (nSPS) is 11.5. The van der Waals surface area contributed by atoms with Gasteiger partial charge < -0.3 is 9.55 Å². The zero-order valence-corrected chi connectivity index (χ0v) is 13.3. The fraction of sp³-hybridized carbons (Fsp3) is 0.0625. The number of aromatic amines is 1. The summed E-state index contributed by atoms with van der Waals surface area (Å²) in [7, 11) is 0. The molecule has 0 spiro atoms. The summed E-state index contributed by atoms with van der Waals surface area (Å²) in [5, 5.41) is 0. The van der Waals surface area contributed by atoms with Gasteiger partial charge in [-0.1, -0.05) is 0 Å². The van der Waals surface area contributed by atoms with Crippen LogP contribution >= 0.6 is 12.4 Å². The van der Waals surface area contributed by atoms with Crippen molar-refractivity contribution in [3.05, 3.63) is 60.9 Å². The summed E-state index contributed by atoms with van der Waals surface area (Å²) >= 11 is 0. The van der Waals surface area contributed by atoms with Gasteiger partial charge in [0, 0.05) is 30.4 Å². The number of hydrogen-bond acceptors (Lipinski definition) is 3. The molecule has 0 aliphatic carbocycles. The van der Waals surface area contributed by atoms with Crippen LogP contribution in [0.4, 0.5) is 13.2 Å². The van der Waals surface area contributed by atoms with E-state index in [-0.39, 0.29) is 18.1 Å². The van der Waals surface area contributed by atoms with Gasteiger partial charge in [0.05, 0.1) is 28.6 Å². The molecular weight excluding hydrogens is 355 g/mol. The number of pyridine rings is 1. The first kappa shape index (κ1) is 17.0. The van der Waals surface area contributed by atoms with E-state index >= 15 is 0 Å². The number of halogens is 4. The average Bonchev–Trinajstić information content (AvgIpc) is 3.22. The topological polar surface area (TPSA) is 59.4 Å². The Morgan fingerprint density at radius 2 is 1.76 bits per heavy atom. The number of hydrogen-bond donors (Lipinski definition) is 1. The summed E-state index contributed by atoms with van der Waals surface area (Å²) in [6.07, 6.45) is 2.92. The minimum atomic E-state index is -4.49. The van der Waals surface area contributed by atoms with Crippen LogP contribution in [-0.4, -0.2) is 24.5 Å². The molecule has 25 heavy (non-hydrogen) atoms. The second kappa shape index (κ2) is 6.21. The van der Waals surface area contributed by atoms with E-state index in [0.717, 1.165) is 11.6 Å². The largest absolute Gasteiger partial charge is 0.418 e. The predicted octanol–water partition coefficient (Wildman–Crippen LogP) is 4.25. The Kier molecular flexibility index (Phi) is 4.22. The first-order valence-corrected chi connectivity index (χ1v) is 7.02. The van der Waals surface area contributed by atoms with Crippen molar-refractivity contribution in [1.29, 1.82) is 0 Å². The lowest BCUT2D eigenvalue weighted by Crippen LogP contribution is -2.10. The number of nitrogens with zero attached hydrogens (tertiary/aromatic N) is 4. The quantitative estimate of drug-likeness (QED) is 0.577. The number of nitrogens with one attached hydrogen (secondary N) is 1. The third kappa shape index (κ3) is 3.08. The van der Waals surface area contributed by atoms with Crippen molar-refractivity contribution in [3.8, 4) is 17.1 Å². The van der Waals surface area contributed by atoms with E-state index in [2.05, 4.69) is 19.9 Å². The molecule has 5 nitrogen and oxygen atoms in total. The SMILES string of the molecule is Cl.FC(F)(F)c1cc2[nH]c(-c3ccncc3)nc2cc1-n1ccnc1. The molecule has 0 bridgehead atoms. The van der Waals surface area contributed by atoms with Gasteiger partial charge in [0.1, 0.15) is 5.82 Å². The molecule has 0 saturated carbocycles. The van der Waals surface area contributed by atoms with Gasteiger partial charge >= 0.3 is 6.18 Å². The monoisotopic (exact) mass is 365 g/mol. The van der Waals surface area contributed by atoms with Gasteiger partial charge in [-0.3, -0.25) is 4.98 Å². The molecule has 9 heteroatoms. The summed E-state index contributed by atoms with van der Waals surface area (Å²) in [6, 6.07) is 5.95. The highest BCUT2D eigenvalue weighted by molar-refractivity contribution is 5.85. The number of alkyl halides is 3. The highest BCUT2D eigenvalue weighted by Crippen LogP contribution is 2.36. The van der Waals surface area contributed by atoms with Crippen molar-refractivity contribution >= 4 is 23.4 Å². The minimum absolute atomic E-state index is 0. The summed E-state index contributed by atoms with van der Waals surface area (Å²) in [5.74, 6) is 0.489. The molecule has 128 valence electrons. The maximum Gasteiger partial charge on any atom is 0.418 e. The van der Waals surface area contributed by atoms with Gasteiger partial charge in [-0.15, -0.1) is 12.4 Å². The third-order valence-corrected chi connectivity index (χ3v) is 3.64. The molecule has 0 radical (unpaired) electrons. The van der Waals surface area contributed by atoms with E-state index in [0.29, 0.717) is 16.9 Å². The number of aromatic nitrogens is 5. The molecule has 3 aromatic heterocycles. The van der Waals surface area contributed by atoms with Crippen molar-refractivity contribution in [1.82, 2.24) is 24.5 Å². The number of fused-ring (bicyclic) bond motifs is 1. The molecule has 0 saturated heterocycles. The summed E-state index contributed by atoms with van der Waals surface area (Å²) in [4.78, 5) is 15.1. The van der Waals surface area contributed by atoms with Crippen LogP contribution in [0.15, 0.2) is 55.4 Å². The van der Waals surface area contributed by atoms with Crippen LogP contribution in [0.25, 0.3) is 28.1 Å². The lowest BCUT2D eigenvalue weighted by atomic mass is 10.1. The smallest absolute Gasteiger partial charge is 0.338 e. The molecule has 1 aromatic carbocycles. The summed E-state index contributed by atoms with van der Waals surface area (Å²) < 4.78 is 41.6. The van der Waals surface area contributed by atoms with Crippen LogP contribution < -0.4 is 0 Å². The van der Waals surface area contributed by atoms with Crippen LogP contribution in [0, 0.1) is 0 Å². The van der Waals surface area contributed by atoms with Gasteiger partial charge in [-0.05, 0) is 24.3 Å². The zero-order chi connectivity index (χ0) is 16.7. The second-order valence-corrected chi connectivity index (χ2v) is 5.18. The van der Waals surface area contributed by atoms with Gasteiger partial charge in [-0.25, -0.2) is 9.97 Å². The molecule has 0 unspecified atom stereocenters. The Morgan fingerprint density at radius 1 is 1.00 bits per heavy atom. The van der Waals surface area contributed by atoms with Crippen molar-refractivity contribution < 1.29 is 13.2 Å². The first-order chi connectivity index (χ1) is 11.5. The maximum absolute atomic E-state index is 13.4. The third-order valence-electron chi connectivity index (χ3n) is 3.64. The van der Waals surface area contributed by atoms with Crippen LogP contribution in [0.2, 0.25) is 0 Å². The molecule has 0 fully saturated rings. The van der Waals surface area contributed by atoms with E-state index in [1.807, 2.05) is 0 Å². The lowest BCUT2D eigenvalue weighted by Gasteiger charge is -2.13. The molecule has 1 N–H and O–H groups in total. The Bertz CT molecular complexity index is 994. The molecule has 4 rings (SSSR count). The molecule has 0 atom stereocenters. The van der Waals surface area contributed by atoms with Gasteiger partial charge in [0.25, 0.3) is 0 Å². The van der Waals surface area contributed by atoms with E-state index in [4.69, 9.17) is 0 Å². The molecule has 3 heterocycles.